The van der Waals surface area contributed by atoms with Crippen LogP contribution >= 0.6 is 15.9 Å². The third kappa shape index (κ3) is 3.30. The Morgan fingerprint density at radius 2 is 1.86 bits per heavy atom. The third-order valence-electron chi connectivity index (χ3n) is 1.57. The Bertz CT molecular complexity index is 357. The van der Waals surface area contributed by atoms with E-state index in [1.165, 1.54) is 6.92 Å². The van der Waals surface area contributed by atoms with Crippen LogP contribution in [0.25, 0.3) is 0 Å². The summed E-state index contributed by atoms with van der Waals surface area (Å²) in [4.78, 5) is 15.0. The zero-order valence-electron chi connectivity index (χ0n) is 7.95. The fraction of sp³-hybridized carbons (Fsp3) is 0.200. The first-order chi connectivity index (χ1) is 6.59. The first-order valence-electron chi connectivity index (χ1n) is 4.07. The molecule has 0 aliphatic carbocycles. The van der Waals surface area contributed by atoms with Crippen molar-refractivity contribution in [3.05, 3.63) is 34.3 Å². The molecular weight excluding hydrogens is 246 g/mol. The number of hydrogen-bond donors (Lipinski definition) is 0. The van der Waals surface area contributed by atoms with Crippen LogP contribution in [-0.4, -0.2) is 11.7 Å². The molecule has 1 aromatic rings. The predicted molar refractivity (Wildman–Crippen MR) is 58.1 cm³/mol. The van der Waals surface area contributed by atoms with Crippen LogP contribution in [0.1, 0.15) is 19.4 Å². The molecule has 0 bridgehead atoms. The molecule has 0 N–H and O–H groups in total. The maximum atomic E-state index is 10.5. The monoisotopic (exact) mass is 255 g/mol. The number of carbonyl (C=O) groups excluding carboxylic acids is 1. The second kappa shape index (κ2) is 4.91. The van der Waals surface area contributed by atoms with Crippen molar-refractivity contribution in [1.29, 1.82) is 0 Å². The van der Waals surface area contributed by atoms with Crippen molar-refractivity contribution in [2.75, 3.05) is 0 Å². The van der Waals surface area contributed by atoms with E-state index in [-0.39, 0.29) is 0 Å². The number of nitrogens with zero attached hydrogens (tertiary/aromatic N) is 1. The Kier molecular flexibility index (Phi) is 3.83. The molecule has 1 rings (SSSR count). The van der Waals surface area contributed by atoms with Gasteiger partial charge in [0.2, 0.25) is 0 Å². The second-order valence-electron chi connectivity index (χ2n) is 2.77. The molecular formula is C10H10BrNO2. The molecule has 0 spiro atoms. The molecule has 4 heteroatoms. The van der Waals surface area contributed by atoms with Crippen LogP contribution in [0.5, 0.6) is 0 Å². The molecule has 0 saturated carbocycles. The Morgan fingerprint density at radius 1 is 1.29 bits per heavy atom. The number of benzene rings is 1. The highest BCUT2D eigenvalue weighted by molar-refractivity contribution is 9.10. The van der Waals surface area contributed by atoms with Crippen LogP contribution in [0.15, 0.2) is 33.9 Å². The lowest BCUT2D eigenvalue weighted by atomic mass is 10.1. The van der Waals surface area contributed by atoms with Gasteiger partial charge in [-0.15, -0.1) is 0 Å². The summed E-state index contributed by atoms with van der Waals surface area (Å²) >= 11 is 3.33. The fourth-order valence-corrected chi connectivity index (χ4v) is 1.14. The highest BCUT2D eigenvalue weighted by atomic mass is 79.9. The second-order valence-corrected chi connectivity index (χ2v) is 3.68. The maximum Gasteiger partial charge on any atom is 0.331 e. The number of halogens is 1. The summed E-state index contributed by atoms with van der Waals surface area (Å²) in [7, 11) is 0. The first-order valence-corrected chi connectivity index (χ1v) is 4.87. The molecule has 0 radical (unpaired) electrons. The first kappa shape index (κ1) is 10.9. The average molecular weight is 256 g/mol. The Balaban J connectivity index is 2.78. The molecule has 0 aliphatic rings. The molecule has 14 heavy (non-hydrogen) atoms. The predicted octanol–water partition coefficient (Wildman–Crippen LogP) is 2.74. The zero-order valence-corrected chi connectivity index (χ0v) is 9.54. The number of hydrogen-bond acceptors (Lipinski definition) is 3. The van der Waals surface area contributed by atoms with E-state index in [0.717, 1.165) is 10.0 Å². The minimum atomic E-state index is -0.415. The minimum Gasteiger partial charge on any atom is -0.318 e. The van der Waals surface area contributed by atoms with Gasteiger partial charge < -0.3 is 4.84 Å². The highest BCUT2D eigenvalue weighted by Crippen LogP contribution is 2.11. The summed E-state index contributed by atoms with van der Waals surface area (Å²) in [5.41, 5.74) is 1.60. The van der Waals surface area contributed by atoms with E-state index in [0.29, 0.717) is 5.71 Å². The van der Waals surface area contributed by atoms with Crippen LogP contribution in [0, 0.1) is 0 Å². The summed E-state index contributed by atoms with van der Waals surface area (Å²) in [6.07, 6.45) is 0. The fourth-order valence-electron chi connectivity index (χ4n) is 0.877. The van der Waals surface area contributed by atoms with Crippen molar-refractivity contribution in [2.24, 2.45) is 5.16 Å². The summed E-state index contributed by atoms with van der Waals surface area (Å²) in [6, 6.07) is 7.60. The Morgan fingerprint density at radius 3 is 2.36 bits per heavy atom. The molecule has 0 unspecified atom stereocenters. The summed E-state index contributed by atoms with van der Waals surface area (Å²) < 4.78 is 1.00. The molecule has 0 aromatic heterocycles. The van der Waals surface area contributed by atoms with Crippen LogP contribution < -0.4 is 0 Å². The van der Waals surface area contributed by atoms with E-state index in [4.69, 9.17) is 0 Å². The summed E-state index contributed by atoms with van der Waals surface area (Å²) in [5.74, 6) is -0.415. The van der Waals surface area contributed by atoms with Crippen molar-refractivity contribution in [1.82, 2.24) is 0 Å². The molecule has 0 heterocycles. The van der Waals surface area contributed by atoms with Crippen molar-refractivity contribution in [3.8, 4) is 0 Å². The molecule has 0 atom stereocenters. The van der Waals surface area contributed by atoms with Crippen molar-refractivity contribution in [3.63, 3.8) is 0 Å². The van der Waals surface area contributed by atoms with E-state index in [9.17, 15) is 4.79 Å². The lowest BCUT2D eigenvalue weighted by Crippen LogP contribution is -1.98. The minimum absolute atomic E-state index is 0.415. The smallest absolute Gasteiger partial charge is 0.318 e. The van der Waals surface area contributed by atoms with Gasteiger partial charge in [0, 0.05) is 11.4 Å². The van der Waals surface area contributed by atoms with E-state index >= 15 is 0 Å². The third-order valence-corrected chi connectivity index (χ3v) is 2.10. The van der Waals surface area contributed by atoms with Gasteiger partial charge in [-0.1, -0.05) is 33.2 Å². The lowest BCUT2D eigenvalue weighted by molar-refractivity contribution is -0.140. The van der Waals surface area contributed by atoms with Gasteiger partial charge in [0.05, 0.1) is 5.71 Å². The van der Waals surface area contributed by atoms with Crippen molar-refractivity contribution >= 4 is 27.6 Å². The van der Waals surface area contributed by atoms with Gasteiger partial charge in [-0.05, 0) is 24.6 Å². The van der Waals surface area contributed by atoms with Gasteiger partial charge in [-0.3, -0.25) is 0 Å². The van der Waals surface area contributed by atoms with E-state index in [2.05, 4.69) is 25.9 Å². The van der Waals surface area contributed by atoms with Crippen molar-refractivity contribution < 1.29 is 9.63 Å². The maximum absolute atomic E-state index is 10.5. The van der Waals surface area contributed by atoms with Gasteiger partial charge in [0.1, 0.15) is 0 Å². The van der Waals surface area contributed by atoms with E-state index in [1.54, 1.807) is 6.92 Å². The largest absolute Gasteiger partial charge is 0.331 e. The quantitative estimate of drug-likeness (QED) is 0.463. The lowest BCUT2D eigenvalue weighted by Gasteiger charge is -1.99. The molecule has 74 valence electrons. The van der Waals surface area contributed by atoms with Gasteiger partial charge in [0.25, 0.3) is 0 Å². The SMILES string of the molecule is CC(=O)O/N=C(\C)c1ccc(Br)cc1. The van der Waals surface area contributed by atoms with E-state index in [1.807, 2.05) is 24.3 Å². The molecule has 0 amide bonds. The van der Waals surface area contributed by atoms with Gasteiger partial charge in [-0.2, -0.15) is 0 Å². The van der Waals surface area contributed by atoms with Crippen LogP contribution in [0.4, 0.5) is 0 Å². The molecule has 3 nitrogen and oxygen atoms in total. The standard InChI is InChI=1S/C10H10BrNO2/c1-7(12-14-8(2)13)9-3-5-10(11)6-4-9/h3-6H,1-2H3/b12-7+. The Hall–Kier alpha value is -1.16. The zero-order chi connectivity index (χ0) is 10.6. The number of carbonyl (C=O) groups is 1. The van der Waals surface area contributed by atoms with E-state index < -0.39 is 5.97 Å². The number of oxime groups is 1. The van der Waals surface area contributed by atoms with Gasteiger partial charge in [-0.25, -0.2) is 4.79 Å². The van der Waals surface area contributed by atoms with Crippen LogP contribution in [0.3, 0.4) is 0 Å². The normalized spacial score (nSPS) is 11.2. The summed E-state index contributed by atoms with van der Waals surface area (Å²) in [5, 5.41) is 3.68. The average Bonchev–Trinajstić information content (AvgIpc) is 2.15. The topological polar surface area (TPSA) is 38.7 Å². The molecule has 0 aliphatic heterocycles. The molecule has 1 aromatic carbocycles. The molecule has 0 fully saturated rings. The Labute approximate surface area is 90.9 Å². The van der Waals surface area contributed by atoms with Crippen LogP contribution in [-0.2, 0) is 9.63 Å². The van der Waals surface area contributed by atoms with Crippen molar-refractivity contribution in [2.45, 2.75) is 13.8 Å². The van der Waals surface area contributed by atoms with Crippen LogP contribution in [0.2, 0.25) is 0 Å². The van der Waals surface area contributed by atoms with Gasteiger partial charge >= 0.3 is 5.97 Å². The number of rotatable bonds is 2. The molecule has 0 saturated heterocycles. The van der Waals surface area contributed by atoms with Gasteiger partial charge in [0.15, 0.2) is 0 Å². The summed E-state index contributed by atoms with van der Waals surface area (Å²) in [6.45, 7) is 3.10. The highest BCUT2D eigenvalue weighted by Gasteiger charge is 1.98.